The summed E-state index contributed by atoms with van der Waals surface area (Å²) < 4.78 is 5.56. The zero-order chi connectivity index (χ0) is 23.1. The monoisotopic (exact) mass is 456 g/mol. The Labute approximate surface area is 194 Å². The summed E-state index contributed by atoms with van der Waals surface area (Å²) in [6.45, 7) is 4.01. The summed E-state index contributed by atoms with van der Waals surface area (Å²) in [7, 11) is 1.53. The first-order valence-corrected chi connectivity index (χ1v) is 12.1. The molecule has 0 spiro atoms. The lowest BCUT2D eigenvalue weighted by Crippen LogP contribution is -2.48. The molecule has 2 aromatic rings. The molecule has 1 amide bonds. The molecule has 0 saturated carbocycles. The summed E-state index contributed by atoms with van der Waals surface area (Å²) in [5, 5.41) is 15.3. The average molecular weight is 457 g/mol. The second-order valence-corrected chi connectivity index (χ2v) is 9.20. The second kappa shape index (κ2) is 10.9. The molecule has 1 aliphatic rings. The highest BCUT2D eigenvalue weighted by Crippen LogP contribution is 2.43. The molecule has 0 fully saturated rings. The standard InChI is InChI=1S/C25H32N2O4S/c1-4-6-12-25(5-2)16-32-21-14-18(24(30)26-15-22(28)29)20(31-3)13-19(21)23(27-25)17-10-8-7-9-11-17/h7-11,13-14,23,27H,4-6,12,15-16H2,1-3H3,(H,26,30)(H,28,29). The number of nitrogens with one attached hydrogen (secondary N) is 2. The van der Waals surface area contributed by atoms with Crippen LogP contribution in [0.4, 0.5) is 0 Å². The van der Waals surface area contributed by atoms with E-state index in [0.29, 0.717) is 11.3 Å². The van der Waals surface area contributed by atoms with Crippen molar-refractivity contribution in [3.8, 4) is 5.75 Å². The van der Waals surface area contributed by atoms with Crippen LogP contribution in [0, 0.1) is 0 Å². The fourth-order valence-corrected chi connectivity index (χ4v) is 5.52. The molecular weight excluding hydrogens is 424 g/mol. The van der Waals surface area contributed by atoms with Crippen LogP contribution in [0.2, 0.25) is 0 Å². The van der Waals surface area contributed by atoms with E-state index in [1.54, 1.807) is 11.8 Å². The number of hydrogen-bond acceptors (Lipinski definition) is 5. The molecule has 3 rings (SSSR count). The number of aliphatic carboxylic acids is 1. The molecule has 7 heteroatoms. The first-order chi connectivity index (χ1) is 15.4. The number of fused-ring (bicyclic) bond motifs is 1. The first kappa shape index (κ1) is 24.1. The summed E-state index contributed by atoms with van der Waals surface area (Å²) in [5.41, 5.74) is 2.55. The molecule has 3 N–H and O–H groups in total. The van der Waals surface area contributed by atoms with Crippen LogP contribution < -0.4 is 15.4 Å². The number of carbonyl (C=O) groups is 2. The summed E-state index contributed by atoms with van der Waals surface area (Å²) in [5.74, 6) is -0.206. The van der Waals surface area contributed by atoms with Gasteiger partial charge in [0.25, 0.3) is 5.91 Å². The van der Waals surface area contributed by atoms with Gasteiger partial charge in [-0.05, 0) is 36.1 Å². The Hall–Kier alpha value is -2.51. The lowest BCUT2D eigenvalue weighted by atomic mass is 9.88. The van der Waals surface area contributed by atoms with Gasteiger partial charge in [-0.2, -0.15) is 0 Å². The van der Waals surface area contributed by atoms with Gasteiger partial charge >= 0.3 is 5.97 Å². The molecule has 1 heterocycles. The Morgan fingerprint density at radius 1 is 1.25 bits per heavy atom. The van der Waals surface area contributed by atoms with E-state index >= 15 is 0 Å². The Morgan fingerprint density at radius 3 is 2.62 bits per heavy atom. The number of rotatable bonds is 9. The molecule has 0 bridgehead atoms. The average Bonchev–Trinajstić information content (AvgIpc) is 2.98. The number of hydrogen-bond donors (Lipinski definition) is 3. The summed E-state index contributed by atoms with van der Waals surface area (Å²) in [6, 6.07) is 14.1. The predicted octanol–water partition coefficient (Wildman–Crippen LogP) is 4.63. The third-order valence-corrected chi connectivity index (χ3v) is 7.42. The summed E-state index contributed by atoms with van der Waals surface area (Å²) >= 11 is 1.75. The van der Waals surface area contributed by atoms with E-state index in [0.717, 1.165) is 47.5 Å². The quantitative estimate of drug-likeness (QED) is 0.510. The highest BCUT2D eigenvalue weighted by Gasteiger charge is 2.36. The number of carboxylic acids is 1. The zero-order valence-corrected chi connectivity index (χ0v) is 19.8. The fraction of sp³-hybridized carbons (Fsp3) is 0.440. The maximum Gasteiger partial charge on any atom is 0.322 e. The van der Waals surface area contributed by atoms with Gasteiger partial charge in [0.05, 0.1) is 18.7 Å². The normalized spacial score (nSPS) is 20.2. The number of benzene rings is 2. The molecule has 0 saturated heterocycles. The van der Waals surface area contributed by atoms with Crippen LogP contribution in [0.15, 0.2) is 47.4 Å². The van der Waals surface area contributed by atoms with Gasteiger partial charge < -0.3 is 15.2 Å². The molecule has 2 unspecified atom stereocenters. The Kier molecular flexibility index (Phi) is 8.21. The van der Waals surface area contributed by atoms with Crippen LogP contribution in [-0.2, 0) is 4.79 Å². The van der Waals surface area contributed by atoms with E-state index in [-0.39, 0.29) is 11.6 Å². The SMILES string of the molecule is CCCCC1(CC)CSc2cc(C(=O)NCC(=O)O)c(OC)cc2C(c2ccccc2)N1. The van der Waals surface area contributed by atoms with Crippen molar-refractivity contribution in [1.82, 2.24) is 10.6 Å². The fourth-order valence-electron chi connectivity index (χ4n) is 4.11. The number of amides is 1. The van der Waals surface area contributed by atoms with Gasteiger partial charge in [-0.15, -0.1) is 11.8 Å². The van der Waals surface area contributed by atoms with Crippen molar-refractivity contribution < 1.29 is 19.4 Å². The summed E-state index contributed by atoms with van der Waals surface area (Å²) in [6.07, 6.45) is 4.36. The van der Waals surface area contributed by atoms with Crippen molar-refractivity contribution in [3.63, 3.8) is 0 Å². The number of ether oxygens (including phenoxy) is 1. The van der Waals surface area contributed by atoms with Crippen molar-refractivity contribution >= 4 is 23.6 Å². The van der Waals surface area contributed by atoms with Crippen LogP contribution in [-0.4, -0.2) is 41.9 Å². The maximum atomic E-state index is 12.7. The van der Waals surface area contributed by atoms with Crippen molar-refractivity contribution in [2.24, 2.45) is 0 Å². The van der Waals surface area contributed by atoms with Gasteiger partial charge in [0.15, 0.2) is 0 Å². The van der Waals surface area contributed by atoms with Crippen LogP contribution in [0.25, 0.3) is 0 Å². The Bertz CT molecular complexity index is 950. The van der Waals surface area contributed by atoms with Crippen LogP contribution >= 0.6 is 11.8 Å². The topological polar surface area (TPSA) is 87.7 Å². The largest absolute Gasteiger partial charge is 0.496 e. The van der Waals surface area contributed by atoms with E-state index in [2.05, 4.69) is 36.6 Å². The Morgan fingerprint density at radius 2 is 2.00 bits per heavy atom. The summed E-state index contributed by atoms with van der Waals surface area (Å²) in [4.78, 5) is 24.6. The van der Waals surface area contributed by atoms with E-state index in [4.69, 9.17) is 9.84 Å². The lowest BCUT2D eigenvalue weighted by Gasteiger charge is -2.36. The van der Waals surface area contributed by atoms with E-state index in [1.807, 2.05) is 30.3 Å². The van der Waals surface area contributed by atoms with Crippen LogP contribution in [0.3, 0.4) is 0 Å². The molecule has 0 aromatic heterocycles. The molecule has 2 aromatic carbocycles. The molecule has 0 radical (unpaired) electrons. The van der Waals surface area contributed by atoms with Gasteiger partial charge in [0.2, 0.25) is 0 Å². The molecule has 0 aliphatic carbocycles. The molecule has 172 valence electrons. The van der Waals surface area contributed by atoms with Gasteiger partial charge in [-0.3, -0.25) is 14.9 Å². The Balaban J connectivity index is 2.08. The maximum absolute atomic E-state index is 12.7. The van der Waals surface area contributed by atoms with Crippen molar-refractivity contribution in [2.45, 2.75) is 56.0 Å². The third-order valence-electron chi connectivity index (χ3n) is 6.06. The molecule has 1 aliphatic heterocycles. The van der Waals surface area contributed by atoms with E-state index in [1.165, 1.54) is 7.11 Å². The number of carboxylic acid groups (broad SMARTS) is 1. The van der Waals surface area contributed by atoms with E-state index in [9.17, 15) is 9.59 Å². The number of thioether (sulfide) groups is 1. The van der Waals surface area contributed by atoms with Gasteiger partial charge in [-0.25, -0.2) is 0 Å². The highest BCUT2D eigenvalue weighted by atomic mass is 32.2. The smallest absolute Gasteiger partial charge is 0.322 e. The van der Waals surface area contributed by atoms with Gasteiger partial charge in [0, 0.05) is 16.2 Å². The first-order valence-electron chi connectivity index (χ1n) is 11.1. The zero-order valence-electron chi connectivity index (χ0n) is 18.9. The highest BCUT2D eigenvalue weighted by molar-refractivity contribution is 7.99. The molecule has 6 nitrogen and oxygen atoms in total. The number of unbranched alkanes of at least 4 members (excludes halogenated alkanes) is 1. The minimum absolute atomic E-state index is 0.0286. The van der Waals surface area contributed by atoms with E-state index < -0.39 is 18.4 Å². The van der Waals surface area contributed by atoms with Gasteiger partial charge in [-0.1, -0.05) is 57.0 Å². The minimum atomic E-state index is -1.08. The minimum Gasteiger partial charge on any atom is -0.496 e. The van der Waals surface area contributed by atoms with Crippen molar-refractivity contribution in [1.29, 1.82) is 0 Å². The molecule has 2 atom stereocenters. The second-order valence-electron chi connectivity index (χ2n) is 8.18. The molecule has 32 heavy (non-hydrogen) atoms. The van der Waals surface area contributed by atoms with Crippen LogP contribution in [0.5, 0.6) is 5.75 Å². The van der Waals surface area contributed by atoms with Crippen molar-refractivity contribution in [3.05, 3.63) is 59.2 Å². The van der Waals surface area contributed by atoms with Gasteiger partial charge in [0.1, 0.15) is 12.3 Å². The predicted molar refractivity (Wildman–Crippen MR) is 128 cm³/mol. The van der Waals surface area contributed by atoms with Crippen molar-refractivity contribution in [2.75, 3.05) is 19.4 Å². The van der Waals surface area contributed by atoms with Crippen LogP contribution in [0.1, 0.15) is 67.1 Å². The molecular formula is C25H32N2O4S. The lowest BCUT2D eigenvalue weighted by molar-refractivity contribution is -0.135. The number of methoxy groups -OCH3 is 1. The number of carbonyl (C=O) groups excluding carboxylic acids is 1. The third kappa shape index (κ3) is 5.45.